The molecule has 0 N–H and O–H groups in total. The van der Waals surface area contributed by atoms with E-state index in [1.54, 1.807) is 0 Å². The minimum atomic E-state index is -0.284. The molecule has 1 aliphatic rings. The van der Waals surface area contributed by atoms with E-state index >= 15 is 0 Å². The monoisotopic (exact) mass is 182 g/mol. The van der Waals surface area contributed by atoms with Crippen LogP contribution < -0.4 is 0 Å². The third kappa shape index (κ3) is 1.23. The molecule has 2 rings (SSSR count). The van der Waals surface area contributed by atoms with Crippen molar-refractivity contribution < 1.29 is 4.74 Å². The summed E-state index contributed by atoms with van der Waals surface area (Å²) in [5, 5.41) is 3.75. The summed E-state index contributed by atoms with van der Waals surface area (Å²) >= 11 is 5.72. The number of hydrogen-bond acceptors (Lipinski definition) is 3. The smallest absolute Gasteiger partial charge is 0.230 e. The Morgan fingerprint density at radius 2 is 2.08 bits per heavy atom. The molecular formula is C8H7ClN2O. The average Bonchev–Trinajstić information content (AvgIpc) is 2.53. The fourth-order valence-electron chi connectivity index (χ4n) is 1.06. The van der Waals surface area contributed by atoms with E-state index in [-0.39, 0.29) is 6.23 Å². The van der Waals surface area contributed by atoms with Gasteiger partial charge in [-0.15, -0.1) is 5.10 Å². The number of rotatable bonds is 1. The second-order valence-electron chi connectivity index (χ2n) is 2.41. The van der Waals surface area contributed by atoms with Gasteiger partial charge in [-0.2, -0.15) is 4.53 Å². The molecule has 1 aromatic carbocycles. The van der Waals surface area contributed by atoms with Crippen LogP contribution in [0.3, 0.4) is 0 Å². The molecule has 0 spiro atoms. The number of benzene rings is 1. The lowest BCUT2D eigenvalue weighted by atomic mass is 10.2. The van der Waals surface area contributed by atoms with Crippen LogP contribution in [0.4, 0.5) is 0 Å². The van der Waals surface area contributed by atoms with E-state index in [9.17, 15) is 0 Å². The predicted molar refractivity (Wildman–Crippen MR) is 46.5 cm³/mol. The van der Waals surface area contributed by atoms with Crippen molar-refractivity contribution in [3.8, 4) is 0 Å². The molecule has 0 bridgehead atoms. The molecule has 62 valence electrons. The zero-order chi connectivity index (χ0) is 8.39. The lowest BCUT2D eigenvalue weighted by Crippen LogP contribution is -2.09. The van der Waals surface area contributed by atoms with Crippen LogP contribution in [0.5, 0.6) is 0 Å². The molecule has 1 aromatic rings. The van der Waals surface area contributed by atoms with Crippen LogP contribution in [-0.2, 0) is 4.74 Å². The van der Waals surface area contributed by atoms with Crippen LogP contribution in [0.2, 0.25) is 0 Å². The van der Waals surface area contributed by atoms with E-state index in [0.717, 1.165) is 5.56 Å². The maximum absolute atomic E-state index is 5.72. The molecule has 1 atom stereocenters. The van der Waals surface area contributed by atoms with Crippen LogP contribution in [0.15, 0.2) is 35.4 Å². The van der Waals surface area contributed by atoms with Gasteiger partial charge < -0.3 is 4.74 Å². The van der Waals surface area contributed by atoms with Gasteiger partial charge in [0.1, 0.15) is 0 Å². The molecule has 3 nitrogen and oxygen atoms in total. The quantitative estimate of drug-likeness (QED) is 0.622. The zero-order valence-electron chi connectivity index (χ0n) is 6.22. The summed E-state index contributed by atoms with van der Waals surface area (Å²) in [5.41, 5.74) is 0.991. The molecule has 12 heavy (non-hydrogen) atoms. The maximum atomic E-state index is 5.72. The highest BCUT2D eigenvalue weighted by Gasteiger charge is 2.21. The van der Waals surface area contributed by atoms with Crippen molar-refractivity contribution in [3.63, 3.8) is 0 Å². The van der Waals surface area contributed by atoms with E-state index in [2.05, 4.69) is 5.10 Å². The van der Waals surface area contributed by atoms with Crippen molar-refractivity contribution in [2.75, 3.05) is 0 Å². The van der Waals surface area contributed by atoms with Gasteiger partial charge in [-0.1, -0.05) is 30.3 Å². The molecule has 0 radical (unpaired) electrons. The molecule has 0 aliphatic carbocycles. The molecular weight excluding hydrogens is 176 g/mol. The van der Waals surface area contributed by atoms with Gasteiger partial charge in [0.15, 0.2) is 6.40 Å². The van der Waals surface area contributed by atoms with Crippen LogP contribution in [0.1, 0.15) is 11.8 Å². The largest absolute Gasteiger partial charge is 0.451 e. The normalized spacial score (nSPS) is 21.1. The fraction of sp³-hybridized carbons (Fsp3) is 0.125. The first-order chi connectivity index (χ1) is 5.88. The minimum Gasteiger partial charge on any atom is -0.451 e. The molecule has 0 aromatic heterocycles. The third-order valence-electron chi connectivity index (χ3n) is 1.63. The lowest BCUT2D eigenvalue weighted by molar-refractivity contribution is 0.127. The van der Waals surface area contributed by atoms with Crippen LogP contribution in [0, 0.1) is 0 Å². The molecule has 1 unspecified atom stereocenters. The van der Waals surface area contributed by atoms with Gasteiger partial charge >= 0.3 is 0 Å². The van der Waals surface area contributed by atoms with Gasteiger partial charge in [0.05, 0.1) is 0 Å². The summed E-state index contributed by atoms with van der Waals surface area (Å²) in [5.74, 6) is 0. The number of nitrogens with zero attached hydrogens (tertiary/aromatic N) is 2. The maximum Gasteiger partial charge on any atom is 0.230 e. The van der Waals surface area contributed by atoms with E-state index in [1.165, 1.54) is 10.9 Å². The van der Waals surface area contributed by atoms with E-state index in [0.29, 0.717) is 0 Å². The molecule has 4 heteroatoms. The summed E-state index contributed by atoms with van der Waals surface area (Å²) in [4.78, 5) is 0. The Labute approximate surface area is 75.3 Å². The van der Waals surface area contributed by atoms with Gasteiger partial charge in [-0.05, 0) is 0 Å². The van der Waals surface area contributed by atoms with Crippen molar-refractivity contribution in [3.05, 3.63) is 35.9 Å². The highest BCUT2D eigenvalue weighted by atomic mass is 35.5. The van der Waals surface area contributed by atoms with Crippen LogP contribution in [0.25, 0.3) is 0 Å². The average molecular weight is 183 g/mol. The Kier molecular flexibility index (Phi) is 1.87. The molecule has 1 heterocycles. The Hall–Kier alpha value is -1.22. The van der Waals surface area contributed by atoms with Gasteiger partial charge in [0.2, 0.25) is 6.23 Å². The highest BCUT2D eigenvalue weighted by molar-refractivity contribution is 6.13. The molecule has 0 saturated carbocycles. The highest BCUT2D eigenvalue weighted by Crippen LogP contribution is 2.26. The topological polar surface area (TPSA) is 24.8 Å². The van der Waals surface area contributed by atoms with E-state index in [4.69, 9.17) is 16.5 Å². The van der Waals surface area contributed by atoms with Gasteiger partial charge in [0, 0.05) is 17.3 Å². The van der Waals surface area contributed by atoms with Crippen molar-refractivity contribution in [1.29, 1.82) is 0 Å². The Morgan fingerprint density at radius 3 is 2.67 bits per heavy atom. The molecule has 0 saturated heterocycles. The zero-order valence-corrected chi connectivity index (χ0v) is 6.98. The molecule has 1 aliphatic heterocycles. The van der Waals surface area contributed by atoms with Gasteiger partial charge in [-0.3, -0.25) is 0 Å². The Morgan fingerprint density at radius 1 is 1.33 bits per heavy atom. The molecule has 0 amide bonds. The number of ether oxygens (including phenoxy) is 1. The van der Waals surface area contributed by atoms with Crippen LogP contribution in [-0.4, -0.2) is 10.9 Å². The SMILES string of the molecule is ClN1N=COC1c1ccccc1. The number of hydrazone groups is 1. The number of halogens is 1. The molecule has 0 fully saturated rings. The van der Waals surface area contributed by atoms with Crippen molar-refractivity contribution in [2.24, 2.45) is 5.10 Å². The van der Waals surface area contributed by atoms with Crippen molar-refractivity contribution >= 4 is 18.2 Å². The standard InChI is InChI=1S/C8H7ClN2O/c9-11-8(12-6-10-11)7-4-2-1-3-5-7/h1-6,8H. The van der Waals surface area contributed by atoms with E-state index < -0.39 is 0 Å². The Balaban J connectivity index is 2.22. The summed E-state index contributed by atoms with van der Waals surface area (Å²) < 4.78 is 6.41. The van der Waals surface area contributed by atoms with Crippen molar-refractivity contribution in [2.45, 2.75) is 6.23 Å². The summed E-state index contributed by atoms with van der Waals surface area (Å²) in [6.45, 7) is 0. The third-order valence-corrected chi connectivity index (χ3v) is 1.89. The summed E-state index contributed by atoms with van der Waals surface area (Å²) in [6.07, 6.45) is 1.05. The van der Waals surface area contributed by atoms with Crippen LogP contribution >= 0.6 is 11.8 Å². The van der Waals surface area contributed by atoms with Crippen molar-refractivity contribution in [1.82, 2.24) is 4.53 Å². The first kappa shape index (κ1) is 7.43. The van der Waals surface area contributed by atoms with Gasteiger partial charge in [-0.25, -0.2) is 0 Å². The lowest BCUT2D eigenvalue weighted by Gasteiger charge is -2.14. The first-order valence-electron chi connectivity index (χ1n) is 3.56. The predicted octanol–water partition coefficient (Wildman–Crippen LogP) is 2.11. The summed E-state index contributed by atoms with van der Waals surface area (Å²) in [6, 6.07) is 9.69. The van der Waals surface area contributed by atoms with E-state index in [1.807, 2.05) is 30.3 Å². The van der Waals surface area contributed by atoms with Gasteiger partial charge in [0.25, 0.3) is 0 Å². The number of hydrogen-bond donors (Lipinski definition) is 0. The minimum absolute atomic E-state index is 0.284. The Bertz CT molecular complexity index is 288. The first-order valence-corrected chi connectivity index (χ1v) is 3.89. The second-order valence-corrected chi connectivity index (χ2v) is 2.76. The fourth-order valence-corrected chi connectivity index (χ4v) is 1.25. The summed E-state index contributed by atoms with van der Waals surface area (Å²) in [7, 11) is 0. The second kappa shape index (κ2) is 3.03.